The van der Waals surface area contributed by atoms with Gasteiger partial charge in [-0.2, -0.15) is 5.01 Å². The van der Waals surface area contributed by atoms with Crippen molar-refractivity contribution >= 4 is 29.6 Å². The summed E-state index contributed by atoms with van der Waals surface area (Å²) in [5.74, 6) is -0.304. The largest absolute Gasteiger partial charge is 0.344 e. The number of nitrogens with zero attached hydrogens (tertiary/aromatic N) is 5. The van der Waals surface area contributed by atoms with Crippen LogP contribution in [0.3, 0.4) is 0 Å². The highest BCUT2D eigenvalue weighted by molar-refractivity contribution is 7.99. The summed E-state index contributed by atoms with van der Waals surface area (Å²) in [6, 6.07) is -0.576. The van der Waals surface area contributed by atoms with Gasteiger partial charge in [-0.15, -0.1) is 5.10 Å². The molecule has 1 aliphatic heterocycles. The molecule has 0 unspecified atom stereocenters. The summed E-state index contributed by atoms with van der Waals surface area (Å²) in [6.07, 6.45) is 2.96. The first-order chi connectivity index (χ1) is 11.4. The molecule has 0 atom stereocenters. The third-order valence-electron chi connectivity index (χ3n) is 4.44. The second-order valence-electron chi connectivity index (χ2n) is 6.24. The van der Waals surface area contributed by atoms with Gasteiger partial charge in [-0.1, -0.05) is 18.7 Å². The van der Waals surface area contributed by atoms with Crippen LogP contribution < -0.4 is 10.7 Å². The quantitative estimate of drug-likeness (QED) is 0.569. The van der Waals surface area contributed by atoms with Crippen molar-refractivity contribution in [3.63, 3.8) is 0 Å². The van der Waals surface area contributed by atoms with Crippen LogP contribution in [0.15, 0.2) is 5.16 Å². The van der Waals surface area contributed by atoms with Gasteiger partial charge in [-0.3, -0.25) is 15.0 Å². The molecule has 1 spiro atoms. The van der Waals surface area contributed by atoms with Crippen LogP contribution in [0.25, 0.3) is 0 Å². The Bertz CT molecular complexity index is 668. The van der Waals surface area contributed by atoms with Gasteiger partial charge in [0, 0.05) is 7.05 Å². The minimum Gasteiger partial charge on any atom is -0.322 e. The van der Waals surface area contributed by atoms with Crippen molar-refractivity contribution in [1.29, 1.82) is 0 Å². The number of imide groups is 1. The van der Waals surface area contributed by atoms with E-state index in [9.17, 15) is 14.4 Å². The lowest BCUT2D eigenvalue weighted by molar-refractivity contribution is -0.139. The molecule has 3 rings (SSSR count). The fraction of sp³-hybridized carbons (Fsp3) is 0.692. The first-order valence-corrected chi connectivity index (χ1v) is 8.71. The van der Waals surface area contributed by atoms with Gasteiger partial charge in [-0.05, 0) is 42.0 Å². The number of nitrogens with one attached hydrogen (secondary N) is 2. The summed E-state index contributed by atoms with van der Waals surface area (Å²) in [7, 11) is 1.66. The molecule has 10 nitrogen and oxygen atoms in total. The molecule has 4 amide bonds. The Balaban J connectivity index is 1.58. The second-order valence-corrected chi connectivity index (χ2v) is 7.19. The molecular formula is C13H19N7O3S. The standard InChI is InChI=1S/C13H19N7O3S/c1-8-3-5-13(6-4-8)10(22)20(11(23)14-13)16-9(21)7-24-12-15-17-18-19(12)2/h8H,3-7H2,1-2H3,(H,14,23)(H,16,21). The van der Waals surface area contributed by atoms with E-state index in [-0.39, 0.29) is 11.7 Å². The van der Waals surface area contributed by atoms with Gasteiger partial charge in [0.25, 0.3) is 5.91 Å². The molecular weight excluding hydrogens is 334 g/mol. The summed E-state index contributed by atoms with van der Waals surface area (Å²) in [5.41, 5.74) is 1.51. The van der Waals surface area contributed by atoms with E-state index in [1.54, 1.807) is 7.05 Å². The molecule has 0 bridgehead atoms. The number of hydrogen-bond donors (Lipinski definition) is 2. The zero-order chi connectivity index (χ0) is 17.3. The maximum absolute atomic E-state index is 12.6. The maximum Gasteiger partial charge on any atom is 0.344 e. The van der Waals surface area contributed by atoms with E-state index < -0.39 is 17.5 Å². The number of aryl methyl sites for hydroxylation is 1. The molecule has 11 heteroatoms. The molecule has 1 aliphatic carbocycles. The predicted octanol–water partition coefficient (Wildman–Crippen LogP) is -0.166. The first kappa shape index (κ1) is 16.7. The van der Waals surface area contributed by atoms with Crippen LogP contribution in [-0.4, -0.2) is 54.4 Å². The Morgan fingerprint density at radius 2 is 2.12 bits per heavy atom. The molecule has 24 heavy (non-hydrogen) atoms. The van der Waals surface area contributed by atoms with Gasteiger partial charge in [0.2, 0.25) is 11.1 Å². The summed E-state index contributed by atoms with van der Waals surface area (Å²) < 4.78 is 1.43. The lowest BCUT2D eigenvalue weighted by atomic mass is 9.77. The van der Waals surface area contributed by atoms with Crippen molar-refractivity contribution in [2.75, 3.05) is 5.75 Å². The third-order valence-corrected chi connectivity index (χ3v) is 5.45. The van der Waals surface area contributed by atoms with Crippen LogP contribution in [-0.2, 0) is 16.6 Å². The van der Waals surface area contributed by atoms with Crippen molar-refractivity contribution in [3.05, 3.63) is 0 Å². The van der Waals surface area contributed by atoms with Gasteiger partial charge in [0.05, 0.1) is 5.75 Å². The molecule has 130 valence electrons. The summed E-state index contributed by atoms with van der Waals surface area (Å²) in [6.45, 7) is 2.13. The topological polar surface area (TPSA) is 122 Å². The van der Waals surface area contributed by atoms with Crippen LogP contribution in [0.1, 0.15) is 32.6 Å². The van der Waals surface area contributed by atoms with E-state index in [4.69, 9.17) is 0 Å². The van der Waals surface area contributed by atoms with Gasteiger partial charge in [0.15, 0.2) is 0 Å². The number of thioether (sulfide) groups is 1. The van der Waals surface area contributed by atoms with Gasteiger partial charge in [0.1, 0.15) is 5.54 Å². The number of carbonyl (C=O) groups excluding carboxylic acids is 3. The average molecular weight is 353 g/mol. The minimum atomic E-state index is -0.864. The van der Waals surface area contributed by atoms with Gasteiger partial charge < -0.3 is 5.32 Å². The molecule has 0 radical (unpaired) electrons. The van der Waals surface area contributed by atoms with E-state index >= 15 is 0 Å². The van der Waals surface area contributed by atoms with E-state index in [1.165, 1.54) is 4.68 Å². The molecule has 1 saturated heterocycles. The van der Waals surface area contributed by atoms with Crippen molar-refractivity contribution in [3.8, 4) is 0 Å². The number of hydrazine groups is 1. The molecule has 2 fully saturated rings. The number of rotatable bonds is 4. The van der Waals surface area contributed by atoms with Crippen LogP contribution in [0.5, 0.6) is 0 Å². The Morgan fingerprint density at radius 1 is 1.42 bits per heavy atom. The molecule has 2 N–H and O–H groups in total. The van der Waals surface area contributed by atoms with Crippen molar-refractivity contribution in [2.24, 2.45) is 13.0 Å². The molecule has 1 saturated carbocycles. The molecule has 2 aliphatic rings. The first-order valence-electron chi connectivity index (χ1n) is 7.72. The van der Waals surface area contributed by atoms with E-state index in [1.807, 2.05) is 0 Å². The number of amides is 4. The number of aromatic nitrogens is 4. The van der Waals surface area contributed by atoms with E-state index in [0.717, 1.165) is 29.6 Å². The highest BCUT2D eigenvalue weighted by Gasteiger charge is 2.52. The van der Waals surface area contributed by atoms with Crippen molar-refractivity contribution < 1.29 is 14.4 Å². The normalized spacial score (nSPS) is 26.8. The minimum absolute atomic E-state index is 0.00466. The Morgan fingerprint density at radius 3 is 2.75 bits per heavy atom. The highest BCUT2D eigenvalue weighted by Crippen LogP contribution is 2.35. The lowest BCUT2D eigenvalue weighted by Crippen LogP contribution is -2.51. The van der Waals surface area contributed by atoms with E-state index in [2.05, 4.69) is 33.2 Å². The highest BCUT2D eigenvalue weighted by atomic mass is 32.2. The zero-order valence-electron chi connectivity index (χ0n) is 13.5. The average Bonchev–Trinajstić information content (AvgIpc) is 3.05. The van der Waals surface area contributed by atoms with Crippen molar-refractivity contribution in [2.45, 2.75) is 43.3 Å². The smallest absolute Gasteiger partial charge is 0.322 e. The Labute approximate surface area is 142 Å². The number of tetrazole rings is 1. The van der Waals surface area contributed by atoms with Crippen LogP contribution >= 0.6 is 11.8 Å². The number of hydrogen-bond acceptors (Lipinski definition) is 7. The number of carbonyl (C=O) groups is 3. The summed E-state index contributed by atoms with van der Waals surface area (Å²) >= 11 is 1.12. The fourth-order valence-corrected chi connectivity index (χ4v) is 3.59. The third kappa shape index (κ3) is 3.07. The lowest BCUT2D eigenvalue weighted by Gasteiger charge is -2.33. The zero-order valence-corrected chi connectivity index (χ0v) is 14.3. The van der Waals surface area contributed by atoms with Crippen LogP contribution in [0.2, 0.25) is 0 Å². The molecule has 1 aromatic heterocycles. The Kier molecular flexibility index (Phi) is 4.43. The predicted molar refractivity (Wildman–Crippen MR) is 83.4 cm³/mol. The van der Waals surface area contributed by atoms with Crippen LogP contribution in [0, 0.1) is 5.92 Å². The SMILES string of the molecule is CC1CCC2(CC1)NC(=O)N(NC(=O)CSc1nnnn1C)C2=O. The summed E-state index contributed by atoms with van der Waals surface area (Å²) in [4.78, 5) is 36.7. The van der Waals surface area contributed by atoms with Gasteiger partial charge >= 0.3 is 6.03 Å². The van der Waals surface area contributed by atoms with E-state index in [0.29, 0.717) is 23.9 Å². The summed E-state index contributed by atoms with van der Waals surface area (Å²) in [5, 5.41) is 14.9. The van der Waals surface area contributed by atoms with Gasteiger partial charge in [-0.25, -0.2) is 9.48 Å². The molecule has 1 aromatic rings. The second kappa shape index (κ2) is 6.38. The monoisotopic (exact) mass is 353 g/mol. The number of urea groups is 1. The fourth-order valence-electron chi connectivity index (χ4n) is 2.95. The Hall–Kier alpha value is -2.17. The maximum atomic E-state index is 12.6. The van der Waals surface area contributed by atoms with Crippen molar-refractivity contribution in [1.82, 2.24) is 36.0 Å². The van der Waals surface area contributed by atoms with Crippen LogP contribution in [0.4, 0.5) is 4.79 Å². The molecule has 0 aromatic carbocycles. The molecule has 2 heterocycles.